The van der Waals surface area contributed by atoms with Crippen LogP contribution in [0.2, 0.25) is 5.02 Å². The van der Waals surface area contributed by atoms with Gasteiger partial charge in [-0.25, -0.2) is 0 Å². The fraction of sp³-hybridized carbons (Fsp3) is 0.632. The fourth-order valence-corrected chi connectivity index (χ4v) is 3.17. The number of carbonyl (C=O) groups excluding carboxylic acids is 1. The molecule has 25 heavy (non-hydrogen) atoms. The average molecular weight is 369 g/mol. The van der Waals surface area contributed by atoms with Crippen LogP contribution in [0.3, 0.4) is 0 Å². The van der Waals surface area contributed by atoms with Gasteiger partial charge >= 0.3 is 0 Å². The number of halogens is 1. The number of carbonyl (C=O) groups is 1. The van der Waals surface area contributed by atoms with Crippen LogP contribution < -0.4 is 20.1 Å². The summed E-state index contributed by atoms with van der Waals surface area (Å²) in [6.45, 7) is 9.03. The van der Waals surface area contributed by atoms with Crippen molar-refractivity contribution in [3.05, 3.63) is 22.7 Å². The SMILES string of the molecule is CCCCOc1c(Cl)cc(C(=O)NC2CCNCC2C)cc1OCC. The number of benzene rings is 1. The molecular formula is C19H29ClN2O3. The number of amides is 1. The Morgan fingerprint density at radius 3 is 2.84 bits per heavy atom. The van der Waals surface area contributed by atoms with E-state index in [4.69, 9.17) is 21.1 Å². The molecule has 1 aromatic carbocycles. The van der Waals surface area contributed by atoms with Crippen LogP contribution in [-0.2, 0) is 0 Å². The standard InChI is InChI=1S/C19H29ClN2O3/c1-4-6-9-25-18-15(20)10-14(11-17(18)24-5-2)19(23)22-16-7-8-21-12-13(16)3/h10-11,13,16,21H,4-9,12H2,1-3H3,(H,22,23). The van der Waals surface area contributed by atoms with Crippen molar-refractivity contribution in [3.8, 4) is 11.5 Å². The van der Waals surface area contributed by atoms with Crippen molar-refractivity contribution in [1.29, 1.82) is 0 Å². The van der Waals surface area contributed by atoms with Gasteiger partial charge in [0.25, 0.3) is 5.91 Å². The van der Waals surface area contributed by atoms with Crippen LogP contribution in [-0.4, -0.2) is 38.3 Å². The third kappa shape index (κ3) is 5.51. The van der Waals surface area contributed by atoms with Crippen molar-refractivity contribution in [1.82, 2.24) is 10.6 Å². The Hall–Kier alpha value is -1.46. The van der Waals surface area contributed by atoms with Crippen molar-refractivity contribution in [2.75, 3.05) is 26.3 Å². The molecule has 1 amide bonds. The van der Waals surface area contributed by atoms with Crippen molar-refractivity contribution in [3.63, 3.8) is 0 Å². The van der Waals surface area contributed by atoms with Gasteiger partial charge in [-0.15, -0.1) is 0 Å². The third-order valence-corrected chi connectivity index (χ3v) is 4.70. The van der Waals surface area contributed by atoms with Gasteiger partial charge in [-0.05, 0) is 50.9 Å². The molecule has 1 saturated heterocycles. The molecule has 0 saturated carbocycles. The average Bonchev–Trinajstić information content (AvgIpc) is 2.59. The number of ether oxygens (including phenoxy) is 2. The first-order valence-corrected chi connectivity index (χ1v) is 9.55. The smallest absolute Gasteiger partial charge is 0.251 e. The van der Waals surface area contributed by atoms with Crippen molar-refractivity contribution in [2.24, 2.45) is 5.92 Å². The van der Waals surface area contributed by atoms with Gasteiger partial charge in [0.05, 0.1) is 18.2 Å². The summed E-state index contributed by atoms with van der Waals surface area (Å²) < 4.78 is 11.4. The predicted molar refractivity (Wildman–Crippen MR) is 101 cm³/mol. The topological polar surface area (TPSA) is 59.6 Å². The highest BCUT2D eigenvalue weighted by Gasteiger charge is 2.24. The largest absolute Gasteiger partial charge is 0.490 e. The van der Waals surface area contributed by atoms with E-state index < -0.39 is 0 Å². The maximum absolute atomic E-state index is 12.7. The van der Waals surface area contributed by atoms with Crippen molar-refractivity contribution >= 4 is 17.5 Å². The molecule has 1 aromatic rings. The molecule has 0 radical (unpaired) electrons. The van der Waals surface area contributed by atoms with Crippen LogP contribution in [0.5, 0.6) is 11.5 Å². The number of hydrogen-bond donors (Lipinski definition) is 2. The van der Waals surface area contributed by atoms with Crippen LogP contribution in [0, 0.1) is 5.92 Å². The minimum atomic E-state index is -0.123. The van der Waals surface area contributed by atoms with Gasteiger partial charge in [0.1, 0.15) is 0 Å². The summed E-state index contributed by atoms with van der Waals surface area (Å²) >= 11 is 6.37. The van der Waals surface area contributed by atoms with E-state index in [1.165, 1.54) is 0 Å². The summed E-state index contributed by atoms with van der Waals surface area (Å²) in [5.74, 6) is 1.32. The summed E-state index contributed by atoms with van der Waals surface area (Å²) in [7, 11) is 0. The Balaban J connectivity index is 2.15. The lowest BCUT2D eigenvalue weighted by Gasteiger charge is -2.30. The van der Waals surface area contributed by atoms with Crippen LogP contribution in [0.15, 0.2) is 12.1 Å². The van der Waals surface area contributed by atoms with Gasteiger partial charge in [-0.3, -0.25) is 4.79 Å². The summed E-state index contributed by atoms with van der Waals surface area (Å²) in [4.78, 5) is 12.7. The molecule has 2 atom stereocenters. The van der Waals surface area contributed by atoms with Gasteiger partial charge in [0, 0.05) is 11.6 Å². The van der Waals surface area contributed by atoms with Crippen molar-refractivity contribution < 1.29 is 14.3 Å². The maximum Gasteiger partial charge on any atom is 0.251 e. The molecule has 0 bridgehead atoms. The van der Waals surface area contributed by atoms with E-state index in [9.17, 15) is 4.79 Å². The van der Waals surface area contributed by atoms with Crippen molar-refractivity contribution in [2.45, 2.75) is 46.1 Å². The molecule has 1 heterocycles. The number of piperidine rings is 1. The molecule has 0 aliphatic carbocycles. The minimum absolute atomic E-state index is 0.123. The minimum Gasteiger partial charge on any atom is -0.490 e. The third-order valence-electron chi connectivity index (χ3n) is 4.42. The highest BCUT2D eigenvalue weighted by atomic mass is 35.5. The zero-order valence-corrected chi connectivity index (χ0v) is 16.1. The summed E-state index contributed by atoms with van der Waals surface area (Å²) in [5.41, 5.74) is 0.502. The van der Waals surface area contributed by atoms with Gasteiger partial charge in [0.2, 0.25) is 0 Å². The Kier molecular flexibility index (Phi) is 7.85. The van der Waals surface area contributed by atoms with Crippen LogP contribution in [0.25, 0.3) is 0 Å². The summed E-state index contributed by atoms with van der Waals surface area (Å²) in [6, 6.07) is 3.55. The normalized spacial score (nSPS) is 20.2. The maximum atomic E-state index is 12.7. The molecular weight excluding hydrogens is 340 g/mol. The van der Waals surface area contributed by atoms with Gasteiger partial charge < -0.3 is 20.1 Å². The Morgan fingerprint density at radius 2 is 2.16 bits per heavy atom. The molecule has 5 nitrogen and oxygen atoms in total. The van der Waals surface area contributed by atoms with Crippen LogP contribution in [0.4, 0.5) is 0 Å². The van der Waals surface area contributed by atoms with E-state index in [-0.39, 0.29) is 11.9 Å². The molecule has 1 aliphatic heterocycles. The second kappa shape index (κ2) is 9.88. The van der Waals surface area contributed by atoms with Gasteiger partial charge in [-0.2, -0.15) is 0 Å². The Labute approximate surface area is 155 Å². The number of unbranched alkanes of at least 4 members (excludes halogenated alkanes) is 1. The molecule has 2 unspecified atom stereocenters. The Bertz CT molecular complexity index is 580. The molecule has 1 aliphatic rings. The zero-order valence-electron chi connectivity index (χ0n) is 15.4. The van der Waals surface area contributed by atoms with E-state index >= 15 is 0 Å². The first kappa shape index (κ1) is 19.9. The zero-order chi connectivity index (χ0) is 18.2. The predicted octanol–water partition coefficient (Wildman–Crippen LogP) is 3.65. The molecule has 6 heteroatoms. The summed E-state index contributed by atoms with van der Waals surface area (Å²) in [5, 5.41) is 6.86. The quantitative estimate of drug-likeness (QED) is 0.688. The lowest BCUT2D eigenvalue weighted by molar-refractivity contribution is 0.0913. The lowest BCUT2D eigenvalue weighted by Crippen LogP contribution is -2.48. The van der Waals surface area contributed by atoms with Crippen LogP contribution in [0.1, 0.15) is 50.4 Å². The molecule has 2 N–H and O–H groups in total. The highest BCUT2D eigenvalue weighted by Crippen LogP contribution is 2.37. The monoisotopic (exact) mass is 368 g/mol. The highest BCUT2D eigenvalue weighted by molar-refractivity contribution is 6.32. The number of rotatable bonds is 8. The molecule has 0 spiro atoms. The molecule has 1 fully saturated rings. The van der Waals surface area contributed by atoms with Gasteiger partial charge in [-0.1, -0.05) is 31.9 Å². The molecule has 2 rings (SSSR count). The lowest BCUT2D eigenvalue weighted by atomic mass is 9.95. The fourth-order valence-electron chi connectivity index (χ4n) is 2.90. The number of nitrogens with one attached hydrogen (secondary N) is 2. The van der Waals surface area contributed by atoms with E-state index in [1.807, 2.05) is 6.92 Å². The molecule has 0 aromatic heterocycles. The Morgan fingerprint density at radius 1 is 1.36 bits per heavy atom. The van der Waals surface area contributed by atoms with E-state index in [1.54, 1.807) is 12.1 Å². The second-order valence-electron chi connectivity index (χ2n) is 6.47. The van der Waals surface area contributed by atoms with E-state index in [0.29, 0.717) is 41.2 Å². The second-order valence-corrected chi connectivity index (χ2v) is 6.88. The first-order chi connectivity index (χ1) is 12.1. The van der Waals surface area contributed by atoms with Gasteiger partial charge in [0.15, 0.2) is 11.5 Å². The summed E-state index contributed by atoms with van der Waals surface area (Å²) in [6.07, 6.45) is 2.91. The molecule has 140 valence electrons. The first-order valence-electron chi connectivity index (χ1n) is 9.17. The van der Waals surface area contributed by atoms with E-state index in [2.05, 4.69) is 24.5 Å². The van der Waals surface area contributed by atoms with Crippen LogP contribution >= 0.6 is 11.6 Å². The van der Waals surface area contributed by atoms with E-state index in [0.717, 1.165) is 32.4 Å². The number of hydrogen-bond acceptors (Lipinski definition) is 4.